The Hall–Kier alpha value is -0.860. The molecule has 0 radical (unpaired) electrons. The van der Waals surface area contributed by atoms with E-state index in [9.17, 15) is 0 Å². The third-order valence-electron chi connectivity index (χ3n) is 5.78. The third kappa shape index (κ3) is 5.57. The Bertz CT molecular complexity index is 607. The molecule has 2 aliphatic heterocycles. The lowest BCUT2D eigenvalue weighted by atomic mass is 10.1. The van der Waals surface area contributed by atoms with Gasteiger partial charge in [-0.3, -0.25) is 9.89 Å². The molecule has 27 heavy (non-hydrogen) atoms. The van der Waals surface area contributed by atoms with E-state index in [1.54, 1.807) is 0 Å². The van der Waals surface area contributed by atoms with Gasteiger partial charge in [0.25, 0.3) is 0 Å². The molecule has 5 nitrogen and oxygen atoms in total. The van der Waals surface area contributed by atoms with Gasteiger partial charge in [0.05, 0.1) is 18.8 Å². The van der Waals surface area contributed by atoms with Crippen molar-refractivity contribution in [1.82, 2.24) is 15.1 Å². The zero-order valence-electron chi connectivity index (χ0n) is 16.3. The quantitative estimate of drug-likeness (QED) is 0.383. The number of hydrogen-bond donors (Lipinski definition) is 1. The molecular formula is C21H33IN4O. The summed E-state index contributed by atoms with van der Waals surface area (Å²) in [5.74, 6) is 2.01. The Labute approximate surface area is 180 Å². The van der Waals surface area contributed by atoms with Gasteiger partial charge in [0.1, 0.15) is 0 Å². The zero-order chi connectivity index (χ0) is 17.8. The van der Waals surface area contributed by atoms with Crippen LogP contribution in [0.15, 0.2) is 35.3 Å². The Morgan fingerprint density at radius 1 is 1.22 bits per heavy atom. The minimum atomic E-state index is 0. The highest BCUT2D eigenvalue weighted by molar-refractivity contribution is 14.0. The van der Waals surface area contributed by atoms with Gasteiger partial charge in [-0.15, -0.1) is 24.0 Å². The molecule has 2 atom stereocenters. The molecule has 2 unspecified atom stereocenters. The molecule has 1 saturated carbocycles. The lowest BCUT2D eigenvalue weighted by Crippen LogP contribution is -2.50. The second-order valence-corrected chi connectivity index (χ2v) is 7.81. The number of likely N-dealkylation sites (tertiary alicyclic amines) is 1. The summed E-state index contributed by atoms with van der Waals surface area (Å²) >= 11 is 0. The van der Waals surface area contributed by atoms with Crippen molar-refractivity contribution in [1.29, 1.82) is 0 Å². The summed E-state index contributed by atoms with van der Waals surface area (Å²) in [6, 6.07) is 11.2. The number of benzene rings is 1. The van der Waals surface area contributed by atoms with E-state index in [0.29, 0.717) is 12.1 Å². The number of halogens is 1. The molecule has 1 N–H and O–H groups in total. The normalized spacial score (nSPS) is 25.8. The summed E-state index contributed by atoms with van der Waals surface area (Å²) in [7, 11) is 0. The summed E-state index contributed by atoms with van der Waals surface area (Å²) in [5, 5.41) is 3.49. The second kappa shape index (κ2) is 10.1. The maximum absolute atomic E-state index is 6.11. The van der Waals surface area contributed by atoms with Crippen molar-refractivity contribution in [3.63, 3.8) is 0 Å². The van der Waals surface area contributed by atoms with Crippen molar-refractivity contribution in [2.75, 3.05) is 39.3 Å². The molecule has 1 aromatic carbocycles. The van der Waals surface area contributed by atoms with Crippen molar-refractivity contribution < 1.29 is 4.74 Å². The predicted octanol–water partition coefficient (Wildman–Crippen LogP) is 2.96. The van der Waals surface area contributed by atoms with Crippen LogP contribution in [0.2, 0.25) is 0 Å². The van der Waals surface area contributed by atoms with Crippen LogP contribution in [0.25, 0.3) is 0 Å². The Kier molecular flexibility index (Phi) is 7.78. The summed E-state index contributed by atoms with van der Waals surface area (Å²) in [6.07, 6.45) is 4.34. The van der Waals surface area contributed by atoms with E-state index in [1.807, 2.05) is 0 Å². The van der Waals surface area contributed by atoms with E-state index in [4.69, 9.17) is 9.73 Å². The van der Waals surface area contributed by atoms with Crippen LogP contribution >= 0.6 is 24.0 Å². The first-order valence-electron chi connectivity index (χ1n) is 10.3. The van der Waals surface area contributed by atoms with Gasteiger partial charge in [0.2, 0.25) is 0 Å². The average Bonchev–Trinajstić information content (AvgIpc) is 3.38. The van der Waals surface area contributed by atoms with Crippen LogP contribution in [0, 0.1) is 5.92 Å². The standard InChI is InChI=1S/C21H32N4O.HI/c1-2-22-21(23-11-10-17-8-9-17)25-15-19-20(16-25)26-13-12-24(19)14-18-6-4-3-5-7-18;/h3-7,17,19-20H,2,8-16H2,1H3,(H,22,23);1H. The summed E-state index contributed by atoms with van der Waals surface area (Å²) in [5.41, 5.74) is 1.39. The first-order chi connectivity index (χ1) is 12.8. The highest BCUT2D eigenvalue weighted by Crippen LogP contribution is 2.32. The van der Waals surface area contributed by atoms with Crippen LogP contribution in [0.5, 0.6) is 0 Å². The van der Waals surface area contributed by atoms with Gasteiger partial charge in [-0.2, -0.15) is 0 Å². The molecule has 1 aromatic rings. The number of hydrogen-bond acceptors (Lipinski definition) is 3. The van der Waals surface area contributed by atoms with Crippen LogP contribution in [-0.2, 0) is 11.3 Å². The Morgan fingerprint density at radius 2 is 2.04 bits per heavy atom. The van der Waals surface area contributed by atoms with Gasteiger partial charge < -0.3 is 15.0 Å². The van der Waals surface area contributed by atoms with Gasteiger partial charge >= 0.3 is 0 Å². The van der Waals surface area contributed by atoms with Crippen LogP contribution < -0.4 is 5.32 Å². The molecule has 6 heteroatoms. The van der Waals surface area contributed by atoms with E-state index in [0.717, 1.165) is 57.8 Å². The van der Waals surface area contributed by atoms with E-state index in [1.165, 1.54) is 24.8 Å². The molecule has 3 aliphatic rings. The van der Waals surface area contributed by atoms with Crippen LogP contribution in [-0.4, -0.2) is 67.2 Å². The fourth-order valence-electron chi connectivity index (χ4n) is 4.13. The van der Waals surface area contributed by atoms with Gasteiger partial charge in [-0.1, -0.05) is 43.2 Å². The fourth-order valence-corrected chi connectivity index (χ4v) is 4.13. The maximum atomic E-state index is 6.11. The van der Waals surface area contributed by atoms with Gasteiger partial charge in [-0.05, 0) is 24.8 Å². The molecule has 2 saturated heterocycles. The molecule has 0 aromatic heterocycles. The zero-order valence-corrected chi connectivity index (χ0v) is 18.7. The van der Waals surface area contributed by atoms with Crippen molar-refractivity contribution in [3.8, 4) is 0 Å². The molecule has 0 bridgehead atoms. The van der Waals surface area contributed by atoms with E-state index in [-0.39, 0.29) is 24.0 Å². The number of fused-ring (bicyclic) bond motifs is 1. The first-order valence-corrected chi connectivity index (χ1v) is 10.3. The molecular weight excluding hydrogens is 451 g/mol. The molecule has 0 amide bonds. The third-order valence-corrected chi connectivity index (χ3v) is 5.78. The second-order valence-electron chi connectivity index (χ2n) is 7.81. The number of aliphatic imine (C=N–C) groups is 1. The topological polar surface area (TPSA) is 40.1 Å². The molecule has 1 aliphatic carbocycles. The SMILES string of the molecule is CCNC(=NCCC1CC1)N1CC2OCCN(Cc3ccccc3)C2C1.I. The van der Waals surface area contributed by atoms with Crippen LogP contribution in [0.3, 0.4) is 0 Å². The van der Waals surface area contributed by atoms with Crippen molar-refractivity contribution in [3.05, 3.63) is 35.9 Å². The monoisotopic (exact) mass is 484 g/mol. The molecule has 4 rings (SSSR count). The van der Waals surface area contributed by atoms with E-state index < -0.39 is 0 Å². The molecule has 3 fully saturated rings. The number of rotatable bonds is 6. The van der Waals surface area contributed by atoms with Gasteiger partial charge in [-0.25, -0.2) is 0 Å². The van der Waals surface area contributed by atoms with Crippen LogP contribution in [0.1, 0.15) is 31.7 Å². The maximum Gasteiger partial charge on any atom is 0.194 e. The number of ether oxygens (including phenoxy) is 1. The fraction of sp³-hybridized carbons (Fsp3) is 0.667. The van der Waals surface area contributed by atoms with Crippen molar-refractivity contribution >= 4 is 29.9 Å². The lowest BCUT2D eigenvalue weighted by Gasteiger charge is -2.36. The molecule has 2 heterocycles. The minimum Gasteiger partial charge on any atom is -0.373 e. The van der Waals surface area contributed by atoms with Gasteiger partial charge in [0.15, 0.2) is 5.96 Å². The first kappa shape index (κ1) is 20.9. The van der Waals surface area contributed by atoms with Crippen molar-refractivity contribution in [2.45, 2.75) is 44.9 Å². The Morgan fingerprint density at radius 3 is 2.78 bits per heavy atom. The number of morpholine rings is 1. The van der Waals surface area contributed by atoms with Crippen molar-refractivity contribution in [2.24, 2.45) is 10.9 Å². The summed E-state index contributed by atoms with van der Waals surface area (Å²) < 4.78 is 6.11. The number of nitrogens with one attached hydrogen (secondary N) is 1. The largest absolute Gasteiger partial charge is 0.373 e. The minimum absolute atomic E-state index is 0. The molecule has 0 spiro atoms. The van der Waals surface area contributed by atoms with Gasteiger partial charge in [0, 0.05) is 39.3 Å². The molecule has 150 valence electrons. The Balaban J connectivity index is 0.00000210. The summed E-state index contributed by atoms with van der Waals surface area (Å²) in [4.78, 5) is 9.91. The smallest absolute Gasteiger partial charge is 0.194 e. The summed E-state index contributed by atoms with van der Waals surface area (Å²) in [6.45, 7) is 8.83. The average molecular weight is 484 g/mol. The highest BCUT2D eigenvalue weighted by Gasteiger charge is 2.41. The highest BCUT2D eigenvalue weighted by atomic mass is 127. The lowest BCUT2D eigenvalue weighted by molar-refractivity contribution is -0.0502. The number of nitrogens with zero attached hydrogens (tertiary/aromatic N) is 3. The number of guanidine groups is 1. The van der Waals surface area contributed by atoms with E-state index in [2.05, 4.69) is 52.4 Å². The van der Waals surface area contributed by atoms with E-state index >= 15 is 0 Å². The predicted molar refractivity (Wildman–Crippen MR) is 121 cm³/mol. The van der Waals surface area contributed by atoms with Crippen LogP contribution in [0.4, 0.5) is 0 Å².